The lowest BCUT2D eigenvalue weighted by molar-refractivity contribution is -0.134. The lowest BCUT2D eigenvalue weighted by Crippen LogP contribution is -2.24. The fourth-order valence-corrected chi connectivity index (χ4v) is 2.71. The van der Waals surface area contributed by atoms with Gasteiger partial charge in [0.25, 0.3) is 0 Å². The summed E-state index contributed by atoms with van der Waals surface area (Å²) in [5.74, 6) is -0.629. The van der Waals surface area contributed by atoms with Gasteiger partial charge in [-0.1, -0.05) is 24.3 Å². The molecule has 8 heteroatoms. The van der Waals surface area contributed by atoms with Crippen LogP contribution < -0.4 is 10.0 Å². The maximum atomic E-state index is 12.1. The smallest absolute Gasteiger partial charge is 0.322 e. The van der Waals surface area contributed by atoms with Crippen LogP contribution in [-0.2, 0) is 21.4 Å². The Morgan fingerprint density at radius 3 is 2.50 bits per heavy atom. The van der Waals surface area contributed by atoms with Gasteiger partial charge in [-0.2, -0.15) is 0 Å². The average molecular weight is 321 g/mol. The van der Waals surface area contributed by atoms with Crippen LogP contribution in [-0.4, -0.2) is 31.0 Å². The molecule has 1 aromatic carbocycles. The van der Waals surface area contributed by atoms with E-state index in [1.807, 2.05) is 0 Å². The second-order valence-electron chi connectivity index (χ2n) is 4.40. The highest BCUT2D eigenvalue weighted by molar-refractivity contribution is 7.89. The predicted octanol–water partition coefficient (Wildman–Crippen LogP) is 1.06. The molecule has 2 aromatic rings. The number of rotatable bonds is 7. The molecule has 0 saturated carbocycles. The molecule has 3 N–H and O–H groups in total. The van der Waals surface area contributed by atoms with Crippen LogP contribution in [0.3, 0.4) is 0 Å². The summed E-state index contributed by atoms with van der Waals surface area (Å²) in [5.41, 5.74) is 0.481. The molecule has 0 spiro atoms. The first kappa shape index (κ1) is 15.9. The SMILES string of the molecule is O=C(O)CNc1cccc(CNS(=O)(=O)c2ccccc2)n1. The number of nitrogens with zero attached hydrogens (tertiary/aromatic N) is 1. The van der Waals surface area contributed by atoms with Gasteiger partial charge in [0.15, 0.2) is 0 Å². The third-order valence-corrected chi connectivity index (χ3v) is 4.14. The molecular weight excluding hydrogens is 306 g/mol. The monoisotopic (exact) mass is 321 g/mol. The van der Waals surface area contributed by atoms with Crippen LogP contribution >= 0.6 is 0 Å². The quantitative estimate of drug-likeness (QED) is 0.703. The zero-order valence-corrected chi connectivity index (χ0v) is 12.4. The van der Waals surface area contributed by atoms with Crippen LogP contribution in [0.25, 0.3) is 0 Å². The van der Waals surface area contributed by atoms with Crippen LogP contribution in [0.1, 0.15) is 5.69 Å². The van der Waals surface area contributed by atoms with E-state index in [0.29, 0.717) is 11.5 Å². The van der Waals surface area contributed by atoms with Gasteiger partial charge in [-0.05, 0) is 24.3 Å². The van der Waals surface area contributed by atoms with Gasteiger partial charge in [-0.25, -0.2) is 18.1 Å². The van der Waals surface area contributed by atoms with Gasteiger partial charge >= 0.3 is 5.97 Å². The zero-order chi connectivity index (χ0) is 16.0. The molecule has 0 saturated heterocycles. The van der Waals surface area contributed by atoms with E-state index in [2.05, 4.69) is 15.0 Å². The second-order valence-corrected chi connectivity index (χ2v) is 6.17. The van der Waals surface area contributed by atoms with E-state index in [0.717, 1.165) is 0 Å². The summed E-state index contributed by atoms with van der Waals surface area (Å²) in [4.78, 5) is 14.8. The van der Waals surface area contributed by atoms with E-state index in [9.17, 15) is 13.2 Å². The average Bonchev–Trinajstić information content (AvgIpc) is 2.52. The first-order valence-electron chi connectivity index (χ1n) is 6.44. The minimum absolute atomic E-state index is 0.0137. The van der Waals surface area contributed by atoms with Crippen molar-refractivity contribution >= 4 is 21.8 Å². The molecule has 2 rings (SSSR count). The van der Waals surface area contributed by atoms with E-state index >= 15 is 0 Å². The number of carboxylic acids is 1. The molecule has 0 bridgehead atoms. The summed E-state index contributed by atoms with van der Waals surface area (Å²) < 4.78 is 26.6. The maximum absolute atomic E-state index is 12.1. The van der Waals surface area contributed by atoms with E-state index in [1.54, 1.807) is 36.4 Å². The summed E-state index contributed by atoms with van der Waals surface area (Å²) >= 11 is 0. The number of nitrogens with one attached hydrogen (secondary N) is 2. The Balaban J connectivity index is 2.02. The van der Waals surface area contributed by atoms with Crippen molar-refractivity contribution in [3.63, 3.8) is 0 Å². The normalized spacial score (nSPS) is 11.1. The molecule has 0 aliphatic carbocycles. The Morgan fingerprint density at radius 1 is 1.09 bits per heavy atom. The van der Waals surface area contributed by atoms with Crippen molar-refractivity contribution in [1.29, 1.82) is 0 Å². The number of hydrogen-bond acceptors (Lipinski definition) is 5. The summed E-state index contributed by atoms with van der Waals surface area (Å²) in [6, 6.07) is 13.0. The van der Waals surface area contributed by atoms with Crippen molar-refractivity contribution in [3.05, 3.63) is 54.2 Å². The van der Waals surface area contributed by atoms with Crippen LogP contribution in [0.15, 0.2) is 53.4 Å². The number of hydrogen-bond donors (Lipinski definition) is 3. The molecule has 7 nitrogen and oxygen atoms in total. The Labute approximate surface area is 128 Å². The van der Waals surface area contributed by atoms with Gasteiger partial charge in [0.05, 0.1) is 17.1 Å². The summed E-state index contributed by atoms with van der Waals surface area (Å²) in [5, 5.41) is 11.2. The van der Waals surface area contributed by atoms with Crippen molar-refractivity contribution < 1.29 is 18.3 Å². The third kappa shape index (κ3) is 4.54. The predicted molar refractivity (Wildman–Crippen MR) is 80.8 cm³/mol. The number of carbonyl (C=O) groups is 1. The number of anilines is 1. The highest BCUT2D eigenvalue weighted by atomic mass is 32.2. The minimum atomic E-state index is -3.60. The van der Waals surface area contributed by atoms with E-state index < -0.39 is 16.0 Å². The molecule has 0 aliphatic rings. The van der Waals surface area contributed by atoms with Crippen LogP contribution in [0.5, 0.6) is 0 Å². The highest BCUT2D eigenvalue weighted by Crippen LogP contribution is 2.09. The topological polar surface area (TPSA) is 108 Å². The number of pyridine rings is 1. The minimum Gasteiger partial charge on any atom is -0.480 e. The van der Waals surface area contributed by atoms with Gasteiger partial charge in [0, 0.05) is 0 Å². The van der Waals surface area contributed by atoms with Crippen molar-refractivity contribution in [2.45, 2.75) is 11.4 Å². The molecule has 0 atom stereocenters. The first-order valence-corrected chi connectivity index (χ1v) is 7.92. The summed E-state index contributed by atoms with van der Waals surface area (Å²) in [6.07, 6.45) is 0. The Kier molecular flexibility index (Phi) is 5.08. The maximum Gasteiger partial charge on any atom is 0.322 e. The van der Waals surface area contributed by atoms with Crippen molar-refractivity contribution in [3.8, 4) is 0 Å². The molecule has 0 unspecified atom stereocenters. The first-order chi connectivity index (χ1) is 10.5. The van der Waals surface area contributed by atoms with Crippen LogP contribution in [0, 0.1) is 0 Å². The zero-order valence-electron chi connectivity index (χ0n) is 11.6. The van der Waals surface area contributed by atoms with Crippen LogP contribution in [0.2, 0.25) is 0 Å². The Bertz CT molecular complexity index is 748. The second kappa shape index (κ2) is 7.01. The van der Waals surface area contributed by atoms with Gasteiger partial charge in [-0.15, -0.1) is 0 Å². The fourth-order valence-electron chi connectivity index (χ4n) is 1.69. The molecule has 0 fully saturated rings. The van der Waals surface area contributed by atoms with Gasteiger partial charge in [-0.3, -0.25) is 4.79 Å². The number of benzene rings is 1. The lowest BCUT2D eigenvalue weighted by Gasteiger charge is -2.08. The molecule has 116 valence electrons. The summed E-state index contributed by atoms with van der Waals surface area (Å²) in [7, 11) is -3.60. The van der Waals surface area contributed by atoms with E-state index in [-0.39, 0.29) is 18.0 Å². The van der Waals surface area contributed by atoms with Crippen molar-refractivity contribution in [2.75, 3.05) is 11.9 Å². The van der Waals surface area contributed by atoms with Crippen LogP contribution in [0.4, 0.5) is 5.82 Å². The van der Waals surface area contributed by atoms with E-state index in [4.69, 9.17) is 5.11 Å². The van der Waals surface area contributed by atoms with E-state index in [1.165, 1.54) is 12.1 Å². The molecule has 0 radical (unpaired) electrons. The molecule has 1 aromatic heterocycles. The number of sulfonamides is 1. The van der Waals surface area contributed by atoms with Gasteiger partial charge < -0.3 is 10.4 Å². The largest absolute Gasteiger partial charge is 0.480 e. The molecular formula is C14H15N3O4S. The Morgan fingerprint density at radius 2 is 1.82 bits per heavy atom. The number of aliphatic carboxylic acids is 1. The highest BCUT2D eigenvalue weighted by Gasteiger charge is 2.13. The van der Waals surface area contributed by atoms with Crippen molar-refractivity contribution in [2.24, 2.45) is 0 Å². The van der Waals surface area contributed by atoms with Gasteiger partial charge in [0.1, 0.15) is 12.4 Å². The third-order valence-electron chi connectivity index (χ3n) is 2.72. The molecule has 1 heterocycles. The van der Waals surface area contributed by atoms with Crippen molar-refractivity contribution in [1.82, 2.24) is 9.71 Å². The number of aromatic nitrogens is 1. The number of carboxylic acid groups (broad SMARTS) is 1. The Hall–Kier alpha value is -2.45. The standard InChI is InChI=1S/C14H15N3O4S/c18-14(19)10-15-13-8-4-5-11(17-13)9-16-22(20,21)12-6-2-1-3-7-12/h1-8,16H,9-10H2,(H,15,17)(H,18,19). The van der Waals surface area contributed by atoms with Gasteiger partial charge in [0.2, 0.25) is 10.0 Å². The molecule has 22 heavy (non-hydrogen) atoms. The fraction of sp³-hybridized carbons (Fsp3) is 0.143. The molecule has 0 amide bonds. The molecule has 0 aliphatic heterocycles. The lowest BCUT2D eigenvalue weighted by atomic mass is 10.3. The summed E-state index contributed by atoms with van der Waals surface area (Å²) in [6.45, 7) is -0.244.